The van der Waals surface area contributed by atoms with Crippen molar-refractivity contribution in [3.63, 3.8) is 0 Å². The van der Waals surface area contributed by atoms with Crippen molar-refractivity contribution in [1.29, 1.82) is 0 Å². The average Bonchev–Trinajstić information content (AvgIpc) is 3.49. The quantitative estimate of drug-likeness (QED) is 0.241. The maximum atomic E-state index is 15.0. The topological polar surface area (TPSA) is 120 Å². The van der Waals surface area contributed by atoms with Crippen molar-refractivity contribution in [3.8, 4) is 45.3 Å². The molecular weight excluding hydrogens is 566 g/mol. The molecule has 0 saturated carbocycles. The van der Waals surface area contributed by atoms with Gasteiger partial charge in [-0.05, 0) is 62.2 Å². The molecule has 5 rings (SSSR count). The van der Waals surface area contributed by atoms with Crippen molar-refractivity contribution in [1.82, 2.24) is 19.5 Å². The summed E-state index contributed by atoms with van der Waals surface area (Å²) in [4.78, 5) is 12.9. The summed E-state index contributed by atoms with van der Waals surface area (Å²) in [6.07, 6.45) is 4.23. The van der Waals surface area contributed by atoms with Crippen molar-refractivity contribution in [3.05, 3.63) is 83.4 Å². The van der Waals surface area contributed by atoms with Crippen LogP contribution in [0.2, 0.25) is 0 Å². The summed E-state index contributed by atoms with van der Waals surface area (Å²) >= 11 is 0. The van der Waals surface area contributed by atoms with Crippen molar-refractivity contribution >= 4 is 9.84 Å². The predicted octanol–water partition coefficient (Wildman–Crippen LogP) is 5.75. The zero-order valence-electron chi connectivity index (χ0n) is 23.6. The van der Waals surface area contributed by atoms with Gasteiger partial charge in [-0.15, -0.1) is 0 Å². The van der Waals surface area contributed by atoms with Crippen molar-refractivity contribution in [2.24, 2.45) is 0 Å². The van der Waals surface area contributed by atoms with Gasteiger partial charge in [0, 0.05) is 42.3 Å². The van der Waals surface area contributed by atoms with Crippen LogP contribution < -0.4 is 4.74 Å². The number of aryl methyl sites for hydroxylation is 3. The average molecular weight is 595 g/mol. The molecule has 3 aromatic heterocycles. The molecule has 0 amide bonds. The normalized spacial score (nSPS) is 11.7. The number of halogens is 2. The molecule has 0 bridgehead atoms. The van der Waals surface area contributed by atoms with Gasteiger partial charge >= 0.3 is 0 Å². The number of rotatable bonds is 8. The Hall–Kier alpha value is -4.42. The number of imidazole rings is 1. The number of sulfone groups is 1. The first kappa shape index (κ1) is 29.1. The summed E-state index contributed by atoms with van der Waals surface area (Å²) in [5.41, 5.74) is 3.07. The minimum Gasteiger partial charge on any atom is -0.476 e. The summed E-state index contributed by atoms with van der Waals surface area (Å²) in [6, 6.07) is 8.98. The zero-order valence-corrected chi connectivity index (χ0v) is 24.4. The first-order valence-corrected chi connectivity index (χ1v) is 14.9. The van der Waals surface area contributed by atoms with E-state index in [1.165, 1.54) is 24.4 Å². The number of ether oxygens (including phenoxy) is 1. The molecule has 0 spiro atoms. The van der Waals surface area contributed by atoms with Crippen LogP contribution in [0.5, 0.6) is 5.88 Å². The second-order valence-corrected chi connectivity index (χ2v) is 11.7. The van der Waals surface area contributed by atoms with E-state index < -0.39 is 28.1 Å². The number of aromatic nitrogens is 4. The van der Waals surface area contributed by atoms with Crippen molar-refractivity contribution < 1.29 is 31.5 Å². The summed E-state index contributed by atoms with van der Waals surface area (Å²) in [6.45, 7) is 6.55. The molecule has 1 N–H and O–H groups in total. The van der Waals surface area contributed by atoms with E-state index in [-0.39, 0.29) is 34.3 Å². The van der Waals surface area contributed by atoms with Gasteiger partial charge in [0.2, 0.25) is 5.88 Å². The highest BCUT2D eigenvalue weighted by Gasteiger charge is 2.24. The fourth-order valence-electron chi connectivity index (χ4n) is 4.84. The second kappa shape index (κ2) is 11.1. The molecule has 218 valence electrons. The minimum absolute atomic E-state index is 0.138. The van der Waals surface area contributed by atoms with E-state index in [0.29, 0.717) is 39.8 Å². The Morgan fingerprint density at radius 3 is 2.36 bits per heavy atom. The molecule has 9 nitrogen and oxygen atoms in total. The van der Waals surface area contributed by atoms with Crippen LogP contribution in [0.25, 0.3) is 39.4 Å². The Morgan fingerprint density at radius 2 is 1.74 bits per heavy atom. The van der Waals surface area contributed by atoms with E-state index in [0.717, 1.165) is 11.9 Å². The Labute approximate surface area is 241 Å². The van der Waals surface area contributed by atoms with Gasteiger partial charge in [0.15, 0.2) is 27.3 Å². The first-order valence-electron chi connectivity index (χ1n) is 13.0. The molecule has 0 fully saturated rings. The molecule has 12 heteroatoms. The first-order chi connectivity index (χ1) is 19.9. The smallest absolute Gasteiger partial charge is 0.250 e. The molecule has 5 aromatic rings. The van der Waals surface area contributed by atoms with Crippen LogP contribution in [0, 0.1) is 32.4 Å². The molecule has 0 saturated heterocycles. The van der Waals surface area contributed by atoms with Gasteiger partial charge in [0.25, 0.3) is 0 Å². The van der Waals surface area contributed by atoms with Crippen molar-refractivity contribution in [2.75, 3.05) is 12.9 Å². The van der Waals surface area contributed by atoms with Crippen LogP contribution in [-0.4, -0.2) is 45.9 Å². The van der Waals surface area contributed by atoms with Gasteiger partial charge in [-0.25, -0.2) is 32.2 Å². The van der Waals surface area contributed by atoms with E-state index in [1.54, 1.807) is 32.0 Å². The highest BCUT2D eigenvalue weighted by Crippen LogP contribution is 2.39. The molecule has 0 unspecified atom stereocenters. The zero-order chi connectivity index (χ0) is 30.3. The molecule has 0 aliphatic heterocycles. The molecule has 3 heterocycles. The number of nitrogens with zero attached hydrogens (tertiary/aromatic N) is 4. The van der Waals surface area contributed by atoms with E-state index in [1.807, 2.05) is 24.6 Å². The number of aliphatic hydroxyl groups excluding tert-OH is 1. The number of hydrogen-bond acceptors (Lipinski definition) is 8. The maximum absolute atomic E-state index is 15.0. The van der Waals surface area contributed by atoms with E-state index in [9.17, 15) is 17.9 Å². The van der Waals surface area contributed by atoms with Gasteiger partial charge in [-0.1, -0.05) is 6.07 Å². The Morgan fingerprint density at radius 1 is 1.00 bits per heavy atom. The second-order valence-electron chi connectivity index (χ2n) is 9.75. The molecule has 42 heavy (non-hydrogen) atoms. The largest absolute Gasteiger partial charge is 0.476 e. The predicted molar refractivity (Wildman–Crippen MR) is 152 cm³/mol. The van der Waals surface area contributed by atoms with E-state index in [4.69, 9.17) is 9.15 Å². The van der Waals surface area contributed by atoms with Crippen LogP contribution >= 0.6 is 0 Å². The lowest BCUT2D eigenvalue weighted by Gasteiger charge is -2.15. The lowest BCUT2D eigenvalue weighted by molar-refractivity contribution is 0.272. The molecular formula is C30H28F2N4O5S. The Balaban J connectivity index is 1.77. The van der Waals surface area contributed by atoms with Gasteiger partial charge < -0.3 is 18.8 Å². The lowest BCUT2D eigenvalue weighted by atomic mass is 9.97. The third kappa shape index (κ3) is 5.42. The van der Waals surface area contributed by atoms with E-state index >= 15 is 4.39 Å². The summed E-state index contributed by atoms with van der Waals surface area (Å²) < 4.78 is 67.8. The SMILES string of the molecule is CCOc1ncc(-c2oc(C)nc2-c2cc(-c3cc(F)c(CO)c(S(C)(=O)=O)c3)ccc2-n2cc(C)nc2C)cc1F. The number of hydrogen-bond donors (Lipinski definition) is 1. The molecule has 0 aliphatic rings. The number of aliphatic hydroxyl groups is 1. The number of oxazole rings is 1. The van der Waals surface area contributed by atoms with Gasteiger partial charge in [-0.3, -0.25) is 0 Å². The van der Waals surface area contributed by atoms with Crippen LogP contribution in [-0.2, 0) is 16.4 Å². The van der Waals surface area contributed by atoms with Gasteiger partial charge in [0.1, 0.15) is 17.3 Å². The van der Waals surface area contributed by atoms with Crippen LogP contribution in [0.1, 0.15) is 29.9 Å². The molecule has 0 atom stereocenters. The highest BCUT2D eigenvalue weighted by atomic mass is 32.2. The standard InChI is InChI=1S/C30H28F2N4O5S/c1-6-40-30-25(32)11-21(13-33-30)29-28(35-18(4)41-29)22-9-19(7-8-26(22)36-14-16(2)34-17(36)3)20-10-24(31)23(15-37)27(12-20)42(5,38)39/h7-14,37H,6,15H2,1-5H3. The Kier molecular flexibility index (Phi) is 7.69. The number of pyridine rings is 1. The highest BCUT2D eigenvalue weighted by molar-refractivity contribution is 7.90. The number of benzene rings is 2. The van der Waals surface area contributed by atoms with E-state index in [2.05, 4.69) is 15.0 Å². The van der Waals surface area contributed by atoms with Gasteiger partial charge in [-0.2, -0.15) is 0 Å². The van der Waals surface area contributed by atoms with Crippen LogP contribution in [0.3, 0.4) is 0 Å². The summed E-state index contributed by atoms with van der Waals surface area (Å²) in [5.74, 6) is -0.417. The molecule has 2 aromatic carbocycles. The van der Waals surface area contributed by atoms with Crippen molar-refractivity contribution in [2.45, 2.75) is 39.2 Å². The monoisotopic (exact) mass is 594 g/mol. The summed E-state index contributed by atoms with van der Waals surface area (Å²) in [5, 5.41) is 9.64. The molecule has 0 aliphatic carbocycles. The fourth-order valence-corrected chi connectivity index (χ4v) is 5.79. The fraction of sp³-hybridized carbons (Fsp3) is 0.233. The maximum Gasteiger partial charge on any atom is 0.250 e. The Bertz CT molecular complexity index is 1930. The third-order valence-electron chi connectivity index (χ3n) is 6.64. The minimum atomic E-state index is -3.86. The van der Waals surface area contributed by atoms with Crippen LogP contribution in [0.4, 0.5) is 8.78 Å². The third-order valence-corrected chi connectivity index (χ3v) is 7.81. The lowest BCUT2D eigenvalue weighted by Crippen LogP contribution is -2.06. The summed E-state index contributed by atoms with van der Waals surface area (Å²) in [7, 11) is -3.86. The van der Waals surface area contributed by atoms with Gasteiger partial charge in [0.05, 0.1) is 29.5 Å². The molecule has 0 radical (unpaired) electrons. The van der Waals surface area contributed by atoms with Crippen LogP contribution in [0.15, 0.2) is 58.1 Å².